The third-order valence-electron chi connectivity index (χ3n) is 5.79. The van der Waals surface area contributed by atoms with Gasteiger partial charge in [-0.05, 0) is 38.0 Å². The van der Waals surface area contributed by atoms with Gasteiger partial charge in [0.05, 0.1) is 5.92 Å². The maximum atomic E-state index is 13.0. The summed E-state index contributed by atoms with van der Waals surface area (Å²) in [5.41, 5.74) is 0.622. The van der Waals surface area contributed by atoms with Crippen LogP contribution in [0.15, 0.2) is 40.9 Å². The summed E-state index contributed by atoms with van der Waals surface area (Å²) < 4.78 is 10.2. The van der Waals surface area contributed by atoms with Crippen molar-refractivity contribution in [1.29, 1.82) is 0 Å². The number of Topliss-reactive ketones (excluding diaryl/α,β-unsaturated/α-hetero) is 1. The number of benzene rings is 1. The average molecular weight is 382 g/mol. The van der Waals surface area contributed by atoms with Crippen LogP contribution >= 0.6 is 0 Å². The second-order valence-electron chi connectivity index (χ2n) is 7.59. The van der Waals surface area contributed by atoms with Gasteiger partial charge in [-0.15, -0.1) is 0 Å². The minimum absolute atomic E-state index is 0.00252. The maximum absolute atomic E-state index is 13.0. The highest BCUT2D eigenvalue weighted by atomic mass is 16.5. The van der Waals surface area contributed by atoms with Crippen LogP contribution < -0.4 is 5.32 Å². The summed E-state index contributed by atoms with van der Waals surface area (Å²) in [6.45, 7) is 1.30. The molecule has 2 aliphatic carbocycles. The second kappa shape index (κ2) is 7.58. The molecule has 7 heteroatoms. The number of esters is 1. The molecule has 2 aromatic rings. The molecule has 0 aliphatic heterocycles. The molecule has 0 radical (unpaired) electrons. The van der Waals surface area contributed by atoms with Gasteiger partial charge >= 0.3 is 5.97 Å². The number of aryl methyl sites for hydroxylation is 1. The number of aromatic nitrogens is 1. The van der Waals surface area contributed by atoms with Crippen LogP contribution in [-0.2, 0) is 14.3 Å². The Morgan fingerprint density at radius 1 is 1.14 bits per heavy atom. The van der Waals surface area contributed by atoms with E-state index in [4.69, 9.17) is 9.26 Å². The van der Waals surface area contributed by atoms with Crippen LogP contribution in [0.4, 0.5) is 5.82 Å². The van der Waals surface area contributed by atoms with Crippen LogP contribution in [0.2, 0.25) is 0 Å². The number of ether oxygens (including phenoxy) is 1. The normalized spacial score (nSPS) is 25.5. The molecule has 7 nitrogen and oxygen atoms in total. The first kappa shape index (κ1) is 18.4. The molecular formula is C21H22N2O5. The lowest BCUT2D eigenvalue weighted by molar-refractivity contribution is -0.154. The van der Waals surface area contributed by atoms with Crippen LogP contribution in [0.25, 0.3) is 0 Å². The number of rotatable bonds is 6. The summed E-state index contributed by atoms with van der Waals surface area (Å²) in [4.78, 5) is 37.8. The van der Waals surface area contributed by atoms with Crippen molar-refractivity contribution in [2.45, 2.75) is 26.2 Å². The first-order valence-electron chi connectivity index (χ1n) is 9.52. The molecule has 28 heavy (non-hydrogen) atoms. The molecule has 146 valence electrons. The number of hydrogen-bond donors (Lipinski definition) is 1. The van der Waals surface area contributed by atoms with Crippen LogP contribution in [0.3, 0.4) is 0 Å². The topological polar surface area (TPSA) is 98.5 Å². The zero-order chi connectivity index (χ0) is 19.7. The Hall–Kier alpha value is -2.96. The molecule has 1 amide bonds. The Kier molecular flexibility index (Phi) is 4.98. The van der Waals surface area contributed by atoms with Gasteiger partial charge in [-0.3, -0.25) is 14.4 Å². The van der Waals surface area contributed by atoms with E-state index in [0.717, 1.165) is 19.3 Å². The Balaban J connectivity index is 1.40. The first-order valence-corrected chi connectivity index (χ1v) is 9.52. The van der Waals surface area contributed by atoms with Gasteiger partial charge < -0.3 is 14.6 Å². The number of amides is 1. The Morgan fingerprint density at radius 3 is 2.54 bits per heavy atom. The van der Waals surface area contributed by atoms with Crippen molar-refractivity contribution < 1.29 is 23.6 Å². The Labute approximate surface area is 162 Å². The van der Waals surface area contributed by atoms with Gasteiger partial charge in [-0.1, -0.05) is 35.5 Å². The monoisotopic (exact) mass is 382 g/mol. The van der Waals surface area contributed by atoms with Gasteiger partial charge in [0.15, 0.2) is 18.2 Å². The summed E-state index contributed by atoms with van der Waals surface area (Å²) in [7, 11) is 0. The molecule has 4 atom stereocenters. The molecule has 1 N–H and O–H groups in total. The largest absolute Gasteiger partial charge is 0.455 e. The third kappa shape index (κ3) is 3.56. The minimum atomic E-state index is -0.490. The summed E-state index contributed by atoms with van der Waals surface area (Å²) in [5.74, 6) is -0.602. The Morgan fingerprint density at radius 2 is 1.86 bits per heavy atom. The molecule has 1 aromatic heterocycles. The molecule has 0 spiro atoms. The van der Waals surface area contributed by atoms with Crippen LogP contribution in [0.1, 0.15) is 35.4 Å². The number of ketones is 1. The van der Waals surface area contributed by atoms with E-state index in [2.05, 4.69) is 10.5 Å². The predicted molar refractivity (Wildman–Crippen MR) is 99.4 cm³/mol. The molecule has 2 fully saturated rings. The summed E-state index contributed by atoms with van der Waals surface area (Å²) in [5, 5.41) is 6.18. The van der Waals surface area contributed by atoms with E-state index < -0.39 is 24.4 Å². The summed E-state index contributed by atoms with van der Waals surface area (Å²) in [6, 6.07) is 10.6. The highest BCUT2D eigenvalue weighted by Crippen LogP contribution is 2.53. The fourth-order valence-corrected chi connectivity index (χ4v) is 4.64. The van der Waals surface area contributed by atoms with E-state index in [9.17, 15) is 14.4 Å². The molecule has 4 rings (SSSR count). The van der Waals surface area contributed by atoms with E-state index >= 15 is 0 Å². The lowest BCUT2D eigenvalue weighted by Crippen LogP contribution is -2.37. The molecule has 1 aromatic carbocycles. The lowest BCUT2D eigenvalue weighted by atomic mass is 9.75. The predicted octanol–water partition coefficient (Wildman–Crippen LogP) is 3.01. The standard InChI is InChI=1S/C21H22N2O5/c1-12-9-16(23-28-12)22-17(24)11-27-21(26)19-15-8-7-14(10-15)18(19)20(25)13-5-3-2-4-6-13/h2-6,9,14-15,18-19H,7-8,10-11H2,1H3,(H,22,23,24)/t14-,15-,18+,19-/m1/s1. The van der Waals surface area contributed by atoms with E-state index in [1.165, 1.54) is 0 Å². The minimum Gasteiger partial charge on any atom is -0.455 e. The zero-order valence-electron chi connectivity index (χ0n) is 15.6. The zero-order valence-corrected chi connectivity index (χ0v) is 15.6. The van der Waals surface area contributed by atoms with E-state index in [-0.39, 0.29) is 29.4 Å². The van der Waals surface area contributed by atoms with Crippen molar-refractivity contribution >= 4 is 23.5 Å². The van der Waals surface area contributed by atoms with Crippen LogP contribution in [-0.4, -0.2) is 29.4 Å². The van der Waals surface area contributed by atoms with Crippen molar-refractivity contribution in [3.8, 4) is 0 Å². The number of hydrogen-bond acceptors (Lipinski definition) is 6. The maximum Gasteiger partial charge on any atom is 0.310 e. The average Bonchev–Trinajstić information content (AvgIpc) is 3.42. The summed E-state index contributed by atoms with van der Waals surface area (Å²) >= 11 is 0. The molecule has 2 aliphatic rings. The molecule has 0 saturated heterocycles. The Bertz CT molecular complexity index is 891. The molecule has 2 saturated carbocycles. The van der Waals surface area contributed by atoms with Gasteiger partial charge in [-0.25, -0.2) is 0 Å². The van der Waals surface area contributed by atoms with Gasteiger partial charge in [0, 0.05) is 17.5 Å². The second-order valence-corrected chi connectivity index (χ2v) is 7.59. The van der Waals surface area contributed by atoms with Gasteiger partial charge in [0.1, 0.15) is 5.76 Å². The molecule has 1 heterocycles. The quantitative estimate of drug-likeness (QED) is 0.609. The number of fused-ring (bicyclic) bond motifs is 2. The fourth-order valence-electron chi connectivity index (χ4n) is 4.64. The van der Waals surface area contributed by atoms with Crippen molar-refractivity contribution in [3.05, 3.63) is 47.7 Å². The van der Waals surface area contributed by atoms with E-state index in [1.807, 2.05) is 18.2 Å². The van der Waals surface area contributed by atoms with E-state index in [1.54, 1.807) is 25.1 Å². The first-order chi connectivity index (χ1) is 13.5. The molecule has 0 unspecified atom stereocenters. The number of carbonyl (C=O) groups excluding carboxylic acids is 3. The SMILES string of the molecule is Cc1cc(NC(=O)COC(=O)[C@@H]2[C@@H]3CC[C@H](C3)[C@@H]2C(=O)c2ccccc2)no1. The fraction of sp³-hybridized carbons (Fsp3) is 0.429. The van der Waals surface area contributed by atoms with Crippen molar-refractivity contribution in [1.82, 2.24) is 5.16 Å². The van der Waals surface area contributed by atoms with Crippen LogP contribution in [0.5, 0.6) is 0 Å². The third-order valence-corrected chi connectivity index (χ3v) is 5.79. The van der Waals surface area contributed by atoms with Crippen molar-refractivity contribution in [2.75, 3.05) is 11.9 Å². The summed E-state index contributed by atoms with van der Waals surface area (Å²) in [6.07, 6.45) is 2.75. The van der Waals surface area contributed by atoms with Crippen LogP contribution in [0, 0.1) is 30.6 Å². The number of carbonyl (C=O) groups is 3. The van der Waals surface area contributed by atoms with Crippen molar-refractivity contribution in [3.63, 3.8) is 0 Å². The highest BCUT2D eigenvalue weighted by Gasteiger charge is 2.54. The van der Waals surface area contributed by atoms with Crippen molar-refractivity contribution in [2.24, 2.45) is 23.7 Å². The number of anilines is 1. The smallest absolute Gasteiger partial charge is 0.310 e. The number of nitrogens with one attached hydrogen (secondary N) is 1. The highest BCUT2D eigenvalue weighted by molar-refractivity contribution is 6.01. The van der Waals surface area contributed by atoms with Gasteiger partial charge in [0.2, 0.25) is 0 Å². The number of nitrogens with zero attached hydrogens (tertiary/aromatic N) is 1. The van der Waals surface area contributed by atoms with E-state index in [0.29, 0.717) is 11.3 Å². The molecular weight excluding hydrogens is 360 g/mol. The van der Waals surface area contributed by atoms with Gasteiger partial charge in [0.25, 0.3) is 5.91 Å². The lowest BCUT2D eigenvalue weighted by Gasteiger charge is -2.28. The molecule has 2 bridgehead atoms. The van der Waals surface area contributed by atoms with Gasteiger partial charge in [-0.2, -0.15) is 0 Å².